The van der Waals surface area contributed by atoms with Crippen LogP contribution >= 0.6 is 0 Å². The van der Waals surface area contributed by atoms with Gasteiger partial charge in [0, 0.05) is 18.6 Å². The molecular formula is C10H16O3. The molecule has 0 bridgehead atoms. The van der Waals surface area contributed by atoms with Crippen LogP contribution in [0.15, 0.2) is 12.2 Å². The highest BCUT2D eigenvalue weighted by molar-refractivity contribution is 5.85. The van der Waals surface area contributed by atoms with Gasteiger partial charge in [-0.3, -0.25) is 0 Å². The number of hydrogen-bond donors (Lipinski definition) is 1. The van der Waals surface area contributed by atoms with Crippen molar-refractivity contribution in [1.29, 1.82) is 0 Å². The highest BCUT2D eigenvalue weighted by atomic mass is 16.5. The van der Waals surface area contributed by atoms with E-state index >= 15 is 0 Å². The van der Waals surface area contributed by atoms with Gasteiger partial charge in [-0.05, 0) is 26.2 Å². The number of ether oxygens (including phenoxy) is 1. The molecular weight excluding hydrogens is 168 g/mol. The molecule has 1 atom stereocenters. The van der Waals surface area contributed by atoms with E-state index in [2.05, 4.69) is 6.58 Å². The molecule has 0 aromatic rings. The third-order valence-corrected chi connectivity index (χ3v) is 2.44. The minimum Gasteiger partial charge on any atom is -0.478 e. The van der Waals surface area contributed by atoms with E-state index in [-0.39, 0.29) is 11.2 Å². The van der Waals surface area contributed by atoms with Crippen LogP contribution in [-0.4, -0.2) is 23.3 Å². The molecule has 0 aliphatic carbocycles. The lowest BCUT2D eigenvalue weighted by Crippen LogP contribution is -2.34. The van der Waals surface area contributed by atoms with Crippen LogP contribution in [-0.2, 0) is 9.53 Å². The molecule has 3 nitrogen and oxygen atoms in total. The zero-order valence-electron chi connectivity index (χ0n) is 8.01. The van der Waals surface area contributed by atoms with Crippen molar-refractivity contribution >= 4 is 5.97 Å². The molecule has 74 valence electrons. The summed E-state index contributed by atoms with van der Waals surface area (Å²) in [6.07, 6.45) is 3.56. The van der Waals surface area contributed by atoms with Crippen LogP contribution in [0.3, 0.4) is 0 Å². The molecule has 0 aromatic heterocycles. The monoisotopic (exact) mass is 184 g/mol. The highest BCUT2D eigenvalue weighted by Gasteiger charge is 2.29. The molecule has 1 aliphatic heterocycles. The summed E-state index contributed by atoms with van der Waals surface area (Å²) in [5.41, 5.74) is -0.0577. The van der Waals surface area contributed by atoms with Crippen molar-refractivity contribution in [1.82, 2.24) is 0 Å². The molecule has 0 radical (unpaired) electrons. The van der Waals surface area contributed by atoms with Crippen LogP contribution in [0.4, 0.5) is 0 Å². The molecule has 0 spiro atoms. The maximum Gasteiger partial charge on any atom is 0.331 e. The van der Waals surface area contributed by atoms with E-state index in [0.29, 0.717) is 6.42 Å². The molecule has 1 saturated heterocycles. The summed E-state index contributed by atoms with van der Waals surface area (Å²) in [6, 6.07) is 0. The molecule has 0 aromatic carbocycles. The summed E-state index contributed by atoms with van der Waals surface area (Å²) in [5, 5.41) is 8.67. The summed E-state index contributed by atoms with van der Waals surface area (Å²) < 4.78 is 5.56. The second kappa shape index (κ2) is 3.92. The van der Waals surface area contributed by atoms with Crippen LogP contribution in [0.5, 0.6) is 0 Å². The third-order valence-electron chi connectivity index (χ3n) is 2.44. The van der Waals surface area contributed by atoms with Gasteiger partial charge in [0.1, 0.15) is 0 Å². The Labute approximate surface area is 78.4 Å². The van der Waals surface area contributed by atoms with E-state index in [9.17, 15) is 4.79 Å². The Morgan fingerprint density at radius 1 is 1.62 bits per heavy atom. The van der Waals surface area contributed by atoms with Crippen molar-refractivity contribution in [2.75, 3.05) is 6.61 Å². The minimum absolute atomic E-state index is 0.240. The number of carboxylic acids is 1. The van der Waals surface area contributed by atoms with Crippen LogP contribution in [0.25, 0.3) is 0 Å². The molecule has 1 aliphatic rings. The van der Waals surface area contributed by atoms with Crippen LogP contribution in [0.1, 0.15) is 32.6 Å². The van der Waals surface area contributed by atoms with Crippen molar-refractivity contribution in [2.45, 2.75) is 38.2 Å². The van der Waals surface area contributed by atoms with Gasteiger partial charge in [0.15, 0.2) is 0 Å². The number of carbonyl (C=O) groups is 1. The molecule has 0 saturated carbocycles. The maximum absolute atomic E-state index is 10.6. The Morgan fingerprint density at radius 3 is 2.77 bits per heavy atom. The predicted octanol–water partition coefficient (Wildman–Crippen LogP) is 1.98. The first kappa shape index (κ1) is 10.3. The SMILES string of the molecule is C=C(CC1(C)CCCCO1)C(=O)O. The first-order chi connectivity index (χ1) is 6.03. The molecule has 3 heteroatoms. The van der Waals surface area contributed by atoms with Gasteiger partial charge in [-0.1, -0.05) is 6.58 Å². The highest BCUT2D eigenvalue weighted by Crippen LogP contribution is 2.30. The molecule has 13 heavy (non-hydrogen) atoms. The average Bonchev–Trinajstić information content (AvgIpc) is 2.04. The fourth-order valence-electron chi connectivity index (χ4n) is 1.66. The Hall–Kier alpha value is -0.830. The number of carboxylic acid groups (broad SMARTS) is 1. The second-order valence-electron chi connectivity index (χ2n) is 3.84. The van der Waals surface area contributed by atoms with E-state index in [4.69, 9.17) is 9.84 Å². The topological polar surface area (TPSA) is 46.5 Å². The standard InChI is InChI=1S/C10H16O3/c1-8(9(11)12)7-10(2)5-3-4-6-13-10/h1,3-7H2,2H3,(H,11,12). The first-order valence-electron chi connectivity index (χ1n) is 4.58. The Bertz CT molecular complexity index is 214. The maximum atomic E-state index is 10.6. The van der Waals surface area contributed by atoms with Gasteiger partial charge in [0.2, 0.25) is 0 Å². The summed E-state index contributed by atoms with van der Waals surface area (Å²) >= 11 is 0. The van der Waals surface area contributed by atoms with E-state index < -0.39 is 5.97 Å². The normalized spacial score (nSPS) is 28.4. The van der Waals surface area contributed by atoms with Crippen LogP contribution in [0.2, 0.25) is 0 Å². The van der Waals surface area contributed by atoms with Gasteiger partial charge in [0.25, 0.3) is 0 Å². The van der Waals surface area contributed by atoms with Crippen LogP contribution in [0, 0.1) is 0 Å². The van der Waals surface area contributed by atoms with E-state index in [1.165, 1.54) is 0 Å². The van der Waals surface area contributed by atoms with Gasteiger partial charge in [0.05, 0.1) is 5.60 Å². The molecule has 1 unspecified atom stereocenters. The third kappa shape index (κ3) is 2.84. The van der Waals surface area contributed by atoms with Gasteiger partial charge in [-0.25, -0.2) is 4.79 Å². The molecule has 1 fully saturated rings. The van der Waals surface area contributed by atoms with Crippen LogP contribution < -0.4 is 0 Å². The Kier molecular flexibility index (Phi) is 3.09. The summed E-state index contributed by atoms with van der Waals surface area (Å²) in [4.78, 5) is 10.6. The van der Waals surface area contributed by atoms with Gasteiger partial charge in [-0.2, -0.15) is 0 Å². The molecule has 1 rings (SSSR count). The fraction of sp³-hybridized carbons (Fsp3) is 0.700. The largest absolute Gasteiger partial charge is 0.478 e. The lowest BCUT2D eigenvalue weighted by molar-refractivity contribution is -0.134. The number of aliphatic carboxylic acids is 1. The van der Waals surface area contributed by atoms with Crippen molar-refractivity contribution in [3.63, 3.8) is 0 Å². The first-order valence-corrected chi connectivity index (χ1v) is 4.58. The minimum atomic E-state index is -0.921. The van der Waals surface area contributed by atoms with Crippen molar-refractivity contribution < 1.29 is 14.6 Å². The predicted molar refractivity (Wildman–Crippen MR) is 49.6 cm³/mol. The average molecular weight is 184 g/mol. The Balaban J connectivity index is 2.50. The van der Waals surface area contributed by atoms with E-state index in [0.717, 1.165) is 25.9 Å². The van der Waals surface area contributed by atoms with Gasteiger partial charge >= 0.3 is 5.97 Å². The quantitative estimate of drug-likeness (QED) is 0.682. The Morgan fingerprint density at radius 2 is 2.31 bits per heavy atom. The zero-order chi connectivity index (χ0) is 9.90. The smallest absolute Gasteiger partial charge is 0.331 e. The van der Waals surface area contributed by atoms with Gasteiger partial charge in [-0.15, -0.1) is 0 Å². The van der Waals surface area contributed by atoms with E-state index in [1.807, 2.05) is 6.92 Å². The van der Waals surface area contributed by atoms with Crippen molar-refractivity contribution in [3.05, 3.63) is 12.2 Å². The lowest BCUT2D eigenvalue weighted by Gasteiger charge is -2.33. The summed E-state index contributed by atoms with van der Waals surface area (Å²) in [5.74, 6) is -0.921. The molecule has 0 amide bonds. The molecule has 1 heterocycles. The lowest BCUT2D eigenvalue weighted by atomic mass is 9.89. The second-order valence-corrected chi connectivity index (χ2v) is 3.84. The van der Waals surface area contributed by atoms with Gasteiger partial charge < -0.3 is 9.84 Å². The van der Waals surface area contributed by atoms with E-state index in [1.54, 1.807) is 0 Å². The number of hydrogen-bond acceptors (Lipinski definition) is 2. The van der Waals surface area contributed by atoms with Crippen molar-refractivity contribution in [3.8, 4) is 0 Å². The summed E-state index contributed by atoms with van der Waals surface area (Å²) in [7, 11) is 0. The molecule has 1 N–H and O–H groups in total. The number of rotatable bonds is 3. The van der Waals surface area contributed by atoms with Crippen molar-refractivity contribution in [2.24, 2.45) is 0 Å². The summed E-state index contributed by atoms with van der Waals surface area (Å²) in [6.45, 7) is 6.21. The fourth-order valence-corrected chi connectivity index (χ4v) is 1.66. The zero-order valence-corrected chi connectivity index (χ0v) is 8.01.